The van der Waals surface area contributed by atoms with Crippen LogP contribution in [-0.4, -0.2) is 61.9 Å². The van der Waals surface area contributed by atoms with Crippen molar-refractivity contribution >= 4 is 18.2 Å². The molecule has 0 unspecified atom stereocenters. The Morgan fingerprint density at radius 1 is 1.21 bits per heavy atom. The van der Waals surface area contributed by atoms with Gasteiger partial charge in [0.2, 0.25) is 5.91 Å². The highest BCUT2D eigenvalue weighted by Crippen LogP contribution is 2.26. The predicted octanol–water partition coefficient (Wildman–Crippen LogP) is 2.71. The minimum absolute atomic E-state index is 0.0724. The van der Waals surface area contributed by atoms with Gasteiger partial charge in [-0.25, -0.2) is 4.39 Å². The molecular formula is C26H32FN3O4. The van der Waals surface area contributed by atoms with Crippen molar-refractivity contribution in [2.24, 2.45) is 0 Å². The number of nitrogens with one attached hydrogen (secondary N) is 2. The lowest BCUT2D eigenvalue weighted by Crippen LogP contribution is -2.43. The number of esters is 1. The third-order valence-corrected chi connectivity index (χ3v) is 5.90. The summed E-state index contributed by atoms with van der Waals surface area (Å²) < 4.78 is 20.3. The van der Waals surface area contributed by atoms with E-state index >= 15 is 0 Å². The van der Waals surface area contributed by atoms with E-state index in [0.717, 1.165) is 38.0 Å². The van der Waals surface area contributed by atoms with Crippen molar-refractivity contribution in [1.82, 2.24) is 15.5 Å². The molecule has 2 aromatic carbocycles. The van der Waals surface area contributed by atoms with Gasteiger partial charge in [-0.1, -0.05) is 31.2 Å². The molecule has 0 saturated carbocycles. The fraction of sp³-hybridized carbons (Fsp3) is 0.423. The summed E-state index contributed by atoms with van der Waals surface area (Å²) in [6.07, 6.45) is 0.871. The van der Waals surface area contributed by atoms with Crippen LogP contribution in [0.2, 0.25) is 0 Å². The number of amides is 1. The van der Waals surface area contributed by atoms with Crippen molar-refractivity contribution < 1.29 is 23.5 Å². The molecule has 8 heteroatoms. The number of piperazine rings is 1. The van der Waals surface area contributed by atoms with Crippen LogP contribution in [0.4, 0.5) is 4.39 Å². The number of hydrogen-bond acceptors (Lipinski definition) is 6. The highest BCUT2D eigenvalue weighted by molar-refractivity contribution is 5.81. The normalized spacial score (nSPS) is 14.9. The van der Waals surface area contributed by atoms with E-state index < -0.39 is 17.9 Å². The highest BCUT2D eigenvalue weighted by Gasteiger charge is 2.16. The van der Waals surface area contributed by atoms with Crippen molar-refractivity contribution in [3.05, 3.63) is 58.9 Å². The van der Waals surface area contributed by atoms with E-state index in [-0.39, 0.29) is 18.9 Å². The van der Waals surface area contributed by atoms with E-state index in [4.69, 9.17) is 4.74 Å². The summed E-state index contributed by atoms with van der Waals surface area (Å²) in [7, 11) is 0. The van der Waals surface area contributed by atoms with Crippen molar-refractivity contribution in [2.75, 3.05) is 32.7 Å². The zero-order chi connectivity index (χ0) is 24.5. The van der Waals surface area contributed by atoms with Crippen LogP contribution in [0.3, 0.4) is 0 Å². The van der Waals surface area contributed by atoms with Crippen LogP contribution in [0.1, 0.15) is 41.8 Å². The minimum atomic E-state index is -0.482. The van der Waals surface area contributed by atoms with Crippen LogP contribution in [0.5, 0.6) is 0 Å². The van der Waals surface area contributed by atoms with E-state index in [1.807, 2.05) is 19.1 Å². The number of carbonyl (C=O) groups is 3. The Labute approximate surface area is 199 Å². The average Bonchev–Trinajstić information content (AvgIpc) is 2.82. The zero-order valence-corrected chi connectivity index (χ0v) is 19.7. The Balaban J connectivity index is 1.67. The van der Waals surface area contributed by atoms with Gasteiger partial charge in [0.1, 0.15) is 18.2 Å². The first kappa shape index (κ1) is 25.5. The van der Waals surface area contributed by atoms with Gasteiger partial charge >= 0.3 is 5.97 Å². The minimum Gasteiger partial charge on any atom is -0.460 e. The number of rotatable bonds is 10. The lowest BCUT2D eigenvalue weighted by molar-refractivity contribution is -0.148. The summed E-state index contributed by atoms with van der Waals surface area (Å²) in [5.41, 5.74) is 2.94. The molecule has 0 bridgehead atoms. The molecule has 7 nitrogen and oxygen atoms in total. The average molecular weight is 470 g/mol. The molecular weight excluding hydrogens is 437 g/mol. The van der Waals surface area contributed by atoms with E-state index in [1.165, 1.54) is 13.0 Å². The summed E-state index contributed by atoms with van der Waals surface area (Å²) in [6.45, 7) is 7.88. The molecule has 1 saturated heterocycles. The summed E-state index contributed by atoms with van der Waals surface area (Å²) in [6, 6.07) is 10.0. The maximum Gasteiger partial charge on any atom is 0.310 e. The van der Waals surface area contributed by atoms with Gasteiger partial charge in [0.25, 0.3) is 0 Å². The lowest BCUT2D eigenvalue weighted by atomic mass is 9.97. The number of halogens is 1. The molecule has 3 rings (SSSR count). The van der Waals surface area contributed by atoms with Crippen molar-refractivity contribution in [3.8, 4) is 11.1 Å². The topological polar surface area (TPSA) is 87.7 Å². The van der Waals surface area contributed by atoms with Crippen LogP contribution < -0.4 is 10.6 Å². The van der Waals surface area contributed by atoms with Gasteiger partial charge in [-0.15, -0.1) is 0 Å². The zero-order valence-electron chi connectivity index (χ0n) is 19.7. The van der Waals surface area contributed by atoms with Crippen LogP contribution in [0, 0.1) is 5.82 Å². The van der Waals surface area contributed by atoms with Gasteiger partial charge in [-0.05, 0) is 35.2 Å². The smallest absolute Gasteiger partial charge is 0.310 e. The summed E-state index contributed by atoms with van der Waals surface area (Å²) in [4.78, 5) is 37.3. The van der Waals surface area contributed by atoms with Crippen LogP contribution in [-0.2, 0) is 27.3 Å². The summed E-state index contributed by atoms with van der Waals surface area (Å²) >= 11 is 0. The SMILES string of the molecule is CC[C@H](CNC(C)=O)OC(=O)Cc1ccc(-c2ccc(CN3CCNCC3)c(C=O)c2)c(F)c1. The molecule has 0 aromatic heterocycles. The fourth-order valence-electron chi connectivity index (χ4n) is 3.95. The summed E-state index contributed by atoms with van der Waals surface area (Å²) in [5.74, 6) is -1.14. The Morgan fingerprint density at radius 2 is 1.97 bits per heavy atom. The Bertz CT molecular complexity index is 1020. The molecule has 182 valence electrons. The predicted molar refractivity (Wildman–Crippen MR) is 128 cm³/mol. The molecule has 34 heavy (non-hydrogen) atoms. The molecule has 1 heterocycles. The third kappa shape index (κ3) is 7.20. The molecule has 0 spiro atoms. The second-order valence-corrected chi connectivity index (χ2v) is 8.51. The van der Waals surface area contributed by atoms with Crippen LogP contribution in [0.25, 0.3) is 11.1 Å². The standard InChI is InChI=1S/C26H32FN3O4/c1-3-23(15-29-18(2)32)34-26(33)13-19-4-7-24(25(27)12-19)20-5-6-21(22(14-20)17-31)16-30-10-8-28-9-11-30/h4-7,12,14,17,23,28H,3,8-11,13,15-16H2,1-2H3,(H,29,32)/t23-/m1/s1. The second kappa shape index (κ2) is 12.4. The molecule has 1 atom stereocenters. The van der Waals surface area contributed by atoms with Crippen LogP contribution >= 0.6 is 0 Å². The molecule has 1 fully saturated rings. The first-order chi connectivity index (χ1) is 16.4. The fourth-order valence-corrected chi connectivity index (χ4v) is 3.95. The molecule has 1 aliphatic rings. The molecule has 1 aliphatic heterocycles. The third-order valence-electron chi connectivity index (χ3n) is 5.90. The van der Waals surface area contributed by atoms with Gasteiger partial charge in [0.15, 0.2) is 0 Å². The number of ether oxygens (including phenoxy) is 1. The number of nitrogens with zero attached hydrogens (tertiary/aromatic N) is 1. The Morgan fingerprint density at radius 3 is 2.62 bits per heavy atom. The number of carbonyl (C=O) groups excluding carboxylic acids is 3. The maximum absolute atomic E-state index is 14.9. The van der Waals surface area contributed by atoms with Gasteiger partial charge < -0.3 is 15.4 Å². The van der Waals surface area contributed by atoms with Gasteiger partial charge in [0.05, 0.1) is 13.0 Å². The second-order valence-electron chi connectivity index (χ2n) is 8.51. The quantitative estimate of drug-likeness (QED) is 0.411. The Kier molecular flexibility index (Phi) is 9.30. The first-order valence-electron chi connectivity index (χ1n) is 11.6. The lowest BCUT2D eigenvalue weighted by Gasteiger charge is -2.27. The van der Waals surface area contributed by atoms with Gasteiger partial charge in [0, 0.05) is 50.8 Å². The van der Waals surface area contributed by atoms with Crippen LogP contribution in [0.15, 0.2) is 36.4 Å². The molecule has 0 aliphatic carbocycles. The summed E-state index contributed by atoms with van der Waals surface area (Å²) in [5, 5.41) is 5.94. The number of hydrogen-bond donors (Lipinski definition) is 2. The van der Waals surface area contributed by atoms with E-state index in [0.29, 0.717) is 35.2 Å². The van der Waals surface area contributed by atoms with Gasteiger partial charge in [-0.3, -0.25) is 19.3 Å². The van der Waals surface area contributed by atoms with E-state index in [9.17, 15) is 18.8 Å². The van der Waals surface area contributed by atoms with Crippen molar-refractivity contribution in [2.45, 2.75) is 39.3 Å². The number of aldehydes is 1. The molecule has 0 radical (unpaired) electrons. The van der Waals surface area contributed by atoms with E-state index in [1.54, 1.807) is 18.2 Å². The van der Waals surface area contributed by atoms with E-state index in [2.05, 4.69) is 15.5 Å². The van der Waals surface area contributed by atoms with Crippen molar-refractivity contribution in [1.29, 1.82) is 0 Å². The molecule has 1 amide bonds. The highest BCUT2D eigenvalue weighted by atomic mass is 19.1. The van der Waals surface area contributed by atoms with Crippen molar-refractivity contribution in [3.63, 3.8) is 0 Å². The molecule has 2 N–H and O–H groups in total. The number of benzene rings is 2. The first-order valence-corrected chi connectivity index (χ1v) is 11.6. The maximum atomic E-state index is 14.9. The van der Waals surface area contributed by atoms with Gasteiger partial charge in [-0.2, -0.15) is 0 Å². The Hall–Kier alpha value is -3.10. The largest absolute Gasteiger partial charge is 0.460 e. The monoisotopic (exact) mass is 469 g/mol. The molecule has 2 aromatic rings.